The van der Waals surface area contributed by atoms with Gasteiger partial charge in [0.05, 0.1) is 0 Å². The highest BCUT2D eigenvalue weighted by Crippen LogP contribution is 2.35. The summed E-state index contributed by atoms with van der Waals surface area (Å²) in [6, 6.07) is 5.12. The van der Waals surface area contributed by atoms with Gasteiger partial charge in [0, 0.05) is 12.5 Å². The maximum atomic E-state index is 10.9. The lowest BCUT2D eigenvalue weighted by Crippen LogP contribution is -1.97. The Morgan fingerprint density at radius 3 is 2.87 bits per heavy atom. The third kappa shape index (κ3) is 1.73. The Labute approximate surface area is 88.0 Å². The molecular weight excluding hydrogens is 192 g/mol. The number of phenolic OH excluding ortho intramolecular Hbond substituents is 1. The van der Waals surface area contributed by atoms with E-state index in [0.717, 1.165) is 23.1 Å². The van der Waals surface area contributed by atoms with Gasteiger partial charge in [-0.3, -0.25) is 4.79 Å². The van der Waals surface area contributed by atoms with Crippen LogP contribution < -0.4 is 0 Å². The molecule has 0 bridgehead atoms. The molecule has 0 aliphatic heterocycles. The minimum atomic E-state index is -0.333. The molecule has 0 heterocycles. The number of carbonyl (C=O) groups excluding carboxylic acids is 1. The zero-order valence-corrected chi connectivity index (χ0v) is 8.70. The molecule has 1 aromatic carbocycles. The Morgan fingerprint density at radius 1 is 1.47 bits per heavy atom. The number of esters is 1. The predicted octanol–water partition coefficient (Wildman–Crippen LogP) is 2.24. The first-order chi connectivity index (χ1) is 7.08. The lowest BCUT2D eigenvalue weighted by atomic mass is 10.1. The fourth-order valence-corrected chi connectivity index (χ4v) is 1.81. The highest BCUT2D eigenvalue weighted by atomic mass is 16.5. The van der Waals surface area contributed by atoms with Crippen LogP contribution in [0.2, 0.25) is 0 Å². The van der Waals surface area contributed by atoms with E-state index in [1.54, 1.807) is 12.1 Å². The SMILES string of the molecule is CC(=O)OC1=C(C)Cc2ccc(O)cc21. The maximum absolute atomic E-state index is 10.9. The zero-order chi connectivity index (χ0) is 11.0. The summed E-state index contributed by atoms with van der Waals surface area (Å²) in [6.07, 6.45) is 0.776. The molecule has 3 heteroatoms. The van der Waals surface area contributed by atoms with Gasteiger partial charge in [-0.2, -0.15) is 0 Å². The van der Waals surface area contributed by atoms with Crippen LogP contribution >= 0.6 is 0 Å². The summed E-state index contributed by atoms with van der Waals surface area (Å²) in [5, 5.41) is 9.37. The molecule has 0 radical (unpaired) electrons. The van der Waals surface area contributed by atoms with Crippen LogP contribution in [0, 0.1) is 0 Å². The number of aromatic hydroxyl groups is 1. The first-order valence-corrected chi connectivity index (χ1v) is 4.78. The van der Waals surface area contributed by atoms with Crippen molar-refractivity contribution in [3.63, 3.8) is 0 Å². The molecule has 1 aliphatic rings. The molecule has 0 spiro atoms. The summed E-state index contributed by atoms with van der Waals surface area (Å²) in [6.45, 7) is 3.30. The van der Waals surface area contributed by atoms with Crippen LogP contribution in [0.15, 0.2) is 23.8 Å². The normalized spacial score (nSPS) is 14.0. The van der Waals surface area contributed by atoms with E-state index >= 15 is 0 Å². The van der Waals surface area contributed by atoms with E-state index in [0.29, 0.717) is 5.76 Å². The van der Waals surface area contributed by atoms with Crippen molar-refractivity contribution in [2.75, 3.05) is 0 Å². The minimum absolute atomic E-state index is 0.188. The quantitative estimate of drug-likeness (QED) is 0.713. The van der Waals surface area contributed by atoms with Crippen molar-refractivity contribution in [1.82, 2.24) is 0 Å². The topological polar surface area (TPSA) is 46.5 Å². The van der Waals surface area contributed by atoms with E-state index in [9.17, 15) is 9.90 Å². The Hall–Kier alpha value is -1.77. The van der Waals surface area contributed by atoms with Crippen LogP contribution in [0.3, 0.4) is 0 Å². The van der Waals surface area contributed by atoms with Gasteiger partial charge in [-0.1, -0.05) is 6.07 Å². The summed E-state index contributed by atoms with van der Waals surface area (Å²) in [5.41, 5.74) is 2.93. The van der Waals surface area contributed by atoms with Crippen LogP contribution in [0.5, 0.6) is 5.75 Å². The molecule has 3 nitrogen and oxygen atoms in total. The third-order valence-corrected chi connectivity index (χ3v) is 2.43. The Kier molecular flexibility index (Phi) is 2.23. The first kappa shape index (κ1) is 9.77. The largest absolute Gasteiger partial charge is 0.508 e. The molecule has 0 aromatic heterocycles. The van der Waals surface area contributed by atoms with Crippen LogP contribution in [-0.4, -0.2) is 11.1 Å². The van der Waals surface area contributed by atoms with Crippen molar-refractivity contribution in [1.29, 1.82) is 0 Å². The average Bonchev–Trinajstić information content (AvgIpc) is 2.43. The van der Waals surface area contributed by atoms with E-state index < -0.39 is 0 Å². The van der Waals surface area contributed by atoms with Gasteiger partial charge >= 0.3 is 5.97 Å². The molecular formula is C12H12O3. The van der Waals surface area contributed by atoms with Crippen molar-refractivity contribution in [3.05, 3.63) is 34.9 Å². The standard InChI is InChI=1S/C12H12O3/c1-7-5-9-3-4-10(14)6-11(9)12(7)15-8(2)13/h3-4,6,14H,5H2,1-2H3. The number of phenols is 1. The van der Waals surface area contributed by atoms with Crippen molar-refractivity contribution < 1.29 is 14.6 Å². The molecule has 1 N–H and O–H groups in total. The summed E-state index contributed by atoms with van der Waals surface area (Å²) in [7, 11) is 0. The molecule has 1 aromatic rings. The van der Waals surface area contributed by atoms with Gasteiger partial charge in [0.25, 0.3) is 0 Å². The monoisotopic (exact) mass is 204 g/mol. The highest BCUT2D eigenvalue weighted by Gasteiger charge is 2.21. The lowest BCUT2D eigenvalue weighted by molar-refractivity contribution is -0.134. The Morgan fingerprint density at radius 2 is 2.20 bits per heavy atom. The van der Waals surface area contributed by atoms with E-state index in [4.69, 9.17) is 4.74 Å². The van der Waals surface area contributed by atoms with Gasteiger partial charge in [-0.25, -0.2) is 0 Å². The zero-order valence-electron chi connectivity index (χ0n) is 8.70. The van der Waals surface area contributed by atoms with Crippen LogP contribution in [0.1, 0.15) is 25.0 Å². The van der Waals surface area contributed by atoms with Crippen molar-refractivity contribution >= 4 is 11.7 Å². The number of fused-ring (bicyclic) bond motifs is 1. The van der Waals surface area contributed by atoms with Gasteiger partial charge in [-0.15, -0.1) is 0 Å². The van der Waals surface area contributed by atoms with Gasteiger partial charge in [0.1, 0.15) is 11.5 Å². The Balaban J connectivity index is 2.45. The molecule has 0 saturated carbocycles. The van der Waals surface area contributed by atoms with Crippen molar-refractivity contribution in [2.24, 2.45) is 0 Å². The third-order valence-electron chi connectivity index (χ3n) is 2.43. The smallest absolute Gasteiger partial charge is 0.308 e. The second kappa shape index (κ2) is 3.42. The van der Waals surface area contributed by atoms with Crippen LogP contribution in [0.25, 0.3) is 5.76 Å². The number of allylic oxidation sites excluding steroid dienone is 1. The number of rotatable bonds is 1. The summed E-state index contributed by atoms with van der Waals surface area (Å²) in [5.74, 6) is 0.446. The molecule has 0 unspecified atom stereocenters. The highest BCUT2D eigenvalue weighted by molar-refractivity contribution is 5.81. The number of carbonyl (C=O) groups is 1. The molecule has 0 amide bonds. The first-order valence-electron chi connectivity index (χ1n) is 4.78. The second-order valence-corrected chi connectivity index (χ2v) is 3.72. The summed E-state index contributed by atoms with van der Waals surface area (Å²) in [4.78, 5) is 10.9. The molecule has 78 valence electrons. The van der Waals surface area contributed by atoms with Crippen LogP contribution in [0.4, 0.5) is 0 Å². The molecule has 1 aliphatic carbocycles. The van der Waals surface area contributed by atoms with Gasteiger partial charge < -0.3 is 9.84 Å². The van der Waals surface area contributed by atoms with Gasteiger partial charge in [-0.05, 0) is 36.6 Å². The molecule has 15 heavy (non-hydrogen) atoms. The number of benzene rings is 1. The second-order valence-electron chi connectivity index (χ2n) is 3.72. The van der Waals surface area contributed by atoms with Gasteiger partial charge in [0.2, 0.25) is 0 Å². The molecule has 0 saturated heterocycles. The fraction of sp³-hybridized carbons (Fsp3) is 0.250. The lowest BCUT2D eigenvalue weighted by Gasteiger charge is -2.06. The van der Waals surface area contributed by atoms with Crippen LogP contribution in [-0.2, 0) is 16.0 Å². The summed E-state index contributed by atoms with van der Waals surface area (Å²) < 4.78 is 5.13. The average molecular weight is 204 g/mol. The van der Waals surface area contributed by atoms with E-state index in [-0.39, 0.29) is 11.7 Å². The predicted molar refractivity (Wildman–Crippen MR) is 56.2 cm³/mol. The maximum Gasteiger partial charge on any atom is 0.308 e. The van der Waals surface area contributed by atoms with Gasteiger partial charge in [0.15, 0.2) is 0 Å². The van der Waals surface area contributed by atoms with Crippen molar-refractivity contribution in [2.45, 2.75) is 20.3 Å². The summed E-state index contributed by atoms with van der Waals surface area (Å²) >= 11 is 0. The number of hydrogen-bond acceptors (Lipinski definition) is 3. The van der Waals surface area contributed by atoms with E-state index in [1.165, 1.54) is 6.92 Å². The van der Waals surface area contributed by atoms with E-state index in [1.807, 2.05) is 13.0 Å². The number of ether oxygens (including phenoxy) is 1. The number of hydrogen-bond donors (Lipinski definition) is 1. The fourth-order valence-electron chi connectivity index (χ4n) is 1.81. The van der Waals surface area contributed by atoms with Crippen molar-refractivity contribution in [3.8, 4) is 5.75 Å². The minimum Gasteiger partial charge on any atom is -0.508 e. The van der Waals surface area contributed by atoms with E-state index in [2.05, 4.69) is 0 Å². The molecule has 2 rings (SSSR count). The molecule has 0 fully saturated rings. The Bertz CT molecular complexity index is 458. The molecule has 0 atom stereocenters.